The summed E-state index contributed by atoms with van der Waals surface area (Å²) in [4.78, 5) is -0.581. The molecule has 1 N–H and O–H groups in total. The molecule has 0 fully saturated rings. The molecule has 1 heterocycles. The first-order valence-electron chi connectivity index (χ1n) is 12.7. The lowest BCUT2D eigenvalue weighted by Crippen LogP contribution is -2.50. The number of aliphatic hydroxyl groups excluding tert-OH is 1. The van der Waals surface area contributed by atoms with Crippen LogP contribution in [-0.2, 0) is 20.0 Å². The van der Waals surface area contributed by atoms with Gasteiger partial charge in [-0.2, -0.15) is 8.61 Å². The van der Waals surface area contributed by atoms with Crippen molar-refractivity contribution in [3.8, 4) is 17.6 Å². The van der Waals surface area contributed by atoms with Gasteiger partial charge in [-0.1, -0.05) is 49.1 Å². The Hall–Kier alpha value is -3.27. The highest BCUT2D eigenvalue weighted by atomic mass is 32.2. The van der Waals surface area contributed by atoms with E-state index in [0.29, 0.717) is 5.56 Å². The zero-order valence-electron chi connectivity index (χ0n) is 22.4. The Kier molecular flexibility index (Phi) is 8.97. The minimum absolute atomic E-state index is 0.0169. The van der Waals surface area contributed by atoms with Crippen LogP contribution in [0.5, 0.6) is 5.75 Å². The Morgan fingerprint density at radius 2 is 1.73 bits per heavy atom. The van der Waals surface area contributed by atoms with Crippen molar-refractivity contribution >= 4 is 20.0 Å². The van der Waals surface area contributed by atoms with Crippen LogP contribution in [-0.4, -0.2) is 69.4 Å². The van der Waals surface area contributed by atoms with Gasteiger partial charge in [0.05, 0.1) is 13.2 Å². The highest BCUT2D eigenvalue weighted by Crippen LogP contribution is 2.34. The number of benzene rings is 3. The Morgan fingerprint density at radius 1 is 1.07 bits per heavy atom. The molecule has 0 unspecified atom stereocenters. The topological polar surface area (TPSA) is 104 Å². The molecule has 1 aliphatic rings. The molecule has 212 valence electrons. The third kappa shape index (κ3) is 6.22. The molecule has 0 aliphatic carbocycles. The highest BCUT2D eigenvalue weighted by Gasteiger charge is 2.39. The zero-order valence-corrected chi connectivity index (χ0v) is 24.0. The van der Waals surface area contributed by atoms with Gasteiger partial charge in [0.2, 0.25) is 20.0 Å². The molecule has 1 aliphatic heterocycles. The van der Waals surface area contributed by atoms with E-state index >= 15 is 0 Å². The Morgan fingerprint density at radius 3 is 2.40 bits per heavy atom. The van der Waals surface area contributed by atoms with Gasteiger partial charge in [-0.25, -0.2) is 21.2 Å². The first-order valence-corrected chi connectivity index (χ1v) is 15.5. The number of nitrogens with zero attached hydrogens (tertiary/aromatic N) is 2. The molecule has 4 rings (SSSR count). The number of fused-ring (bicyclic) bond motifs is 1. The van der Waals surface area contributed by atoms with E-state index in [9.17, 15) is 26.3 Å². The van der Waals surface area contributed by atoms with Gasteiger partial charge in [-0.15, -0.1) is 0 Å². The molecule has 3 atom stereocenters. The van der Waals surface area contributed by atoms with E-state index in [1.165, 1.54) is 41.7 Å². The molecule has 8 nitrogen and oxygen atoms in total. The lowest BCUT2D eigenvalue weighted by atomic mass is 10.0. The van der Waals surface area contributed by atoms with E-state index < -0.39 is 55.4 Å². The first kappa shape index (κ1) is 29.7. The van der Waals surface area contributed by atoms with E-state index in [0.717, 1.165) is 15.9 Å². The number of halogens is 1. The molecule has 0 bridgehead atoms. The lowest BCUT2D eigenvalue weighted by Gasteiger charge is -2.37. The second kappa shape index (κ2) is 12.1. The fourth-order valence-electron chi connectivity index (χ4n) is 4.36. The molecule has 11 heteroatoms. The predicted octanol–water partition coefficient (Wildman–Crippen LogP) is 3.31. The van der Waals surface area contributed by atoms with Crippen LogP contribution in [0.15, 0.2) is 82.6 Å². The molecule has 3 aromatic carbocycles. The molecule has 0 aromatic heterocycles. The van der Waals surface area contributed by atoms with Crippen molar-refractivity contribution in [2.45, 2.75) is 35.8 Å². The first-order chi connectivity index (χ1) is 18.9. The van der Waals surface area contributed by atoms with E-state index in [4.69, 9.17) is 4.74 Å². The maximum Gasteiger partial charge on any atom is 0.247 e. The van der Waals surface area contributed by atoms with Crippen molar-refractivity contribution in [3.63, 3.8) is 0 Å². The van der Waals surface area contributed by atoms with Gasteiger partial charge < -0.3 is 9.84 Å². The molecular weight excluding hydrogens is 555 g/mol. The van der Waals surface area contributed by atoms with Gasteiger partial charge in [-0.3, -0.25) is 0 Å². The summed E-state index contributed by atoms with van der Waals surface area (Å²) in [5.74, 6) is 4.68. The number of ether oxygens (including phenoxy) is 1. The van der Waals surface area contributed by atoms with Gasteiger partial charge in [0.15, 0.2) is 0 Å². The van der Waals surface area contributed by atoms with Crippen LogP contribution in [0.2, 0.25) is 0 Å². The summed E-state index contributed by atoms with van der Waals surface area (Å²) >= 11 is 0. The SMILES string of the molecule is C[C@H](CO)N1C[C@H](C)[C@@H](CN(C)S(=O)(=O)c2ccccc2F)Oc2cc(C#Cc3ccccc3)ccc2S1(=O)=O. The van der Waals surface area contributed by atoms with Gasteiger partial charge >= 0.3 is 0 Å². The van der Waals surface area contributed by atoms with Gasteiger partial charge in [0, 0.05) is 36.7 Å². The number of hydrogen-bond donors (Lipinski definition) is 1. The molecule has 0 spiro atoms. The van der Waals surface area contributed by atoms with Crippen LogP contribution in [0, 0.1) is 23.6 Å². The van der Waals surface area contributed by atoms with Crippen molar-refractivity contribution in [1.82, 2.24) is 8.61 Å². The minimum Gasteiger partial charge on any atom is -0.487 e. The Labute approximate surface area is 235 Å². The smallest absolute Gasteiger partial charge is 0.247 e. The third-order valence-electron chi connectivity index (χ3n) is 6.75. The maximum atomic E-state index is 14.4. The van der Waals surface area contributed by atoms with Crippen LogP contribution in [0.1, 0.15) is 25.0 Å². The van der Waals surface area contributed by atoms with Gasteiger partial charge in [0.1, 0.15) is 27.5 Å². The summed E-state index contributed by atoms with van der Waals surface area (Å²) in [6.45, 7) is 2.71. The van der Waals surface area contributed by atoms with E-state index in [1.54, 1.807) is 19.9 Å². The summed E-state index contributed by atoms with van der Waals surface area (Å²) in [5, 5.41) is 9.83. The quantitative estimate of drug-likeness (QED) is 0.445. The van der Waals surface area contributed by atoms with Gasteiger partial charge in [-0.05, 0) is 49.4 Å². The number of hydrogen-bond acceptors (Lipinski definition) is 6. The highest BCUT2D eigenvalue weighted by molar-refractivity contribution is 7.89. The fraction of sp³-hybridized carbons (Fsp3) is 0.310. The lowest BCUT2D eigenvalue weighted by molar-refractivity contribution is 0.0904. The fourth-order valence-corrected chi connectivity index (χ4v) is 7.43. The van der Waals surface area contributed by atoms with E-state index in [2.05, 4.69) is 11.8 Å². The van der Waals surface area contributed by atoms with Crippen LogP contribution in [0.4, 0.5) is 4.39 Å². The molecule has 40 heavy (non-hydrogen) atoms. The predicted molar refractivity (Wildman–Crippen MR) is 149 cm³/mol. The second-order valence-corrected chi connectivity index (χ2v) is 13.6. The van der Waals surface area contributed by atoms with Crippen LogP contribution >= 0.6 is 0 Å². The number of rotatable bonds is 6. The van der Waals surface area contributed by atoms with Crippen LogP contribution < -0.4 is 4.74 Å². The molecular formula is C29H31FN2O6S2. The standard InChI is InChI=1S/C29H31FN2O6S2/c1-21-18-32(22(2)20-33)40(36,37)29-16-15-24(14-13-23-9-5-4-6-10-23)17-26(29)38-27(21)19-31(3)39(34,35)28-12-8-7-11-25(28)30/h4-12,15-17,21-22,27,33H,18-20H2,1-3H3/t21-,22+,27+/m0/s1. The molecule has 0 saturated heterocycles. The Bertz CT molecular complexity index is 1640. The number of sulfonamides is 2. The van der Waals surface area contributed by atoms with Crippen molar-refractivity contribution < 1.29 is 31.1 Å². The zero-order chi connectivity index (χ0) is 29.1. The number of likely N-dealkylation sites (N-methyl/N-ethyl adjacent to an activating group) is 1. The summed E-state index contributed by atoms with van der Waals surface area (Å²) in [6.07, 6.45) is -0.813. The largest absolute Gasteiger partial charge is 0.487 e. The van der Waals surface area contributed by atoms with Crippen molar-refractivity contribution in [3.05, 3.63) is 89.7 Å². The average molecular weight is 587 g/mol. The van der Waals surface area contributed by atoms with Crippen molar-refractivity contribution in [2.75, 3.05) is 26.7 Å². The second-order valence-electron chi connectivity index (χ2n) is 9.73. The number of aliphatic hydroxyl groups is 1. The summed E-state index contributed by atoms with van der Waals surface area (Å²) in [5.41, 5.74) is 1.27. The summed E-state index contributed by atoms with van der Waals surface area (Å²) in [6, 6.07) is 18.1. The molecule has 0 amide bonds. The van der Waals surface area contributed by atoms with Crippen molar-refractivity contribution in [2.24, 2.45) is 5.92 Å². The Balaban J connectivity index is 1.75. The molecule has 0 saturated carbocycles. The average Bonchev–Trinajstić information content (AvgIpc) is 2.93. The maximum absolute atomic E-state index is 14.4. The summed E-state index contributed by atoms with van der Waals surface area (Å²) in [7, 11) is -6.97. The minimum atomic E-state index is -4.21. The molecule has 0 radical (unpaired) electrons. The molecule has 3 aromatic rings. The summed E-state index contributed by atoms with van der Waals surface area (Å²) < 4.78 is 76.6. The normalized spacial score (nSPS) is 19.9. The monoisotopic (exact) mass is 586 g/mol. The van der Waals surface area contributed by atoms with Crippen LogP contribution in [0.3, 0.4) is 0 Å². The van der Waals surface area contributed by atoms with Gasteiger partial charge in [0.25, 0.3) is 0 Å². The van der Waals surface area contributed by atoms with E-state index in [1.807, 2.05) is 30.3 Å². The van der Waals surface area contributed by atoms with Crippen molar-refractivity contribution in [1.29, 1.82) is 0 Å². The van der Waals surface area contributed by atoms with E-state index in [-0.39, 0.29) is 23.7 Å². The third-order valence-corrected chi connectivity index (χ3v) is 10.6. The van der Waals surface area contributed by atoms with Crippen LogP contribution in [0.25, 0.3) is 0 Å².